The number of halogens is 4. The summed E-state index contributed by atoms with van der Waals surface area (Å²) < 4.78 is 65.8. The van der Waals surface area contributed by atoms with Crippen LogP contribution in [0.2, 0.25) is 0 Å². The van der Waals surface area contributed by atoms with Crippen LogP contribution in [-0.4, -0.2) is 41.4 Å². The summed E-state index contributed by atoms with van der Waals surface area (Å²) in [4.78, 5) is 29.0. The maximum absolute atomic E-state index is 14.8. The van der Waals surface area contributed by atoms with Crippen LogP contribution in [0.1, 0.15) is 19.8 Å². The van der Waals surface area contributed by atoms with Crippen molar-refractivity contribution in [3.05, 3.63) is 60.5 Å². The van der Waals surface area contributed by atoms with Gasteiger partial charge in [0.1, 0.15) is 23.1 Å². The molecule has 0 aliphatic carbocycles. The molecule has 1 aliphatic rings. The third-order valence-electron chi connectivity index (χ3n) is 4.97. The minimum Gasteiger partial charge on any atom is -0.475 e. The number of allylic oxidation sites excluding steroid dienone is 1. The van der Waals surface area contributed by atoms with Crippen molar-refractivity contribution in [3.8, 4) is 17.4 Å². The predicted molar refractivity (Wildman–Crippen MR) is 119 cm³/mol. The Hall–Kier alpha value is -4.09. The molecule has 0 bridgehead atoms. The van der Waals surface area contributed by atoms with Crippen LogP contribution in [0, 0.1) is 5.82 Å². The molecule has 0 saturated heterocycles. The number of anilines is 2. The second-order valence-corrected chi connectivity index (χ2v) is 7.58. The van der Waals surface area contributed by atoms with Crippen LogP contribution >= 0.6 is 0 Å². The second-order valence-electron chi connectivity index (χ2n) is 7.58. The van der Waals surface area contributed by atoms with Gasteiger partial charge in [-0.05, 0) is 25.5 Å². The van der Waals surface area contributed by atoms with Gasteiger partial charge in [-0.1, -0.05) is 6.58 Å². The average Bonchev–Trinajstić information content (AvgIpc) is 2.76. The molecular weight excluding hydrogens is 472 g/mol. The lowest BCUT2D eigenvalue weighted by molar-refractivity contribution is -0.121. The highest BCUT2D eigenvalue weighted by atomic mass is 19.4. The first-order valence-electron chi connectivity index (χ1n) is 10.3. The number of pyridine rings is 1. The molecule has 0 radical (unpaired) electrons. The number of nitrogen functional groups attached to an aromatic ring is 1. The number of amides is 1. The lowest BCUT2D eigenvalue weighted by atomic mass is 10.2. The number of benzene rings is 1. The SMILES string of the molecule is C=C1N(C)C(C(F)(F)F)=CC(=O)N1c1cc(Oc2cccnc2OCCCC(C)=O)c(N)cc1F. The molecule has 186 valence electrons. The number of rotatable bonds is 8. The molecule has 0 fully saturated rings. The number of hydrogen-bond acceptors (Lipinski definition) is 7. The molecule has 2 N–H and O–H groups in total. The van der Waals surface area contributed by atoms with Gasteiger partial charge in [0.2, 0.25) is 0 Å². The van der Waals surface area contributed by atoms with Crippen molar-refractivity contribution in [2.75, 3.05) is 24.3 Å². The Kier molecular flexibility index (Phi) is 7.32. The number of ether oxygens (including phenoxy) is 2. The van der Waals surface area contributed by atoms with Crippen molar-refractivity contribution in [1.82, 2.24) is 9.88 Å². The zero-order valence-corrected chi connectivity index (χ0v) is 18.9. The van der Waals surface area contributed by atoms with Crippen molar-refractivity contribution >= 4 is 23.1 Å². The van der Waals surface area contributed by atoms with Gasteiger partial charge in [0, 0.05) is 37.9 Å². The number of carbonyl (C=O) groups excluding carboxylic acids is 2. The first-order valence-corrected chi connectivity index (χ1v) is 10.3. The minimum absolute atomic E-state index is 0.00871. The molecule has 1 amide bonds. The maximum Gasteiger partial charge on any atom is 0.431 e. The van der Waals surface area contributed by atoms with E-state index in [0.717, 1.165) is 19.2 Å². The highest BCUT2D eigenvalue weighted by molar-refractivity contribution is 6.05. The minimum atomic E-state index is -4.81. The first kappa shape index (κ1) is 25.5. The molecule has 0 spiro atoms. The smallest absolute Gasteiger partial charge is 0.431 e. The van der Waals surface area contributed by atoms with Gasteiger partial charge in [0.25, 0.3) is 11.8 Å². The molecule has 35 heavy (non-hydrogen) atoms. The Balaban J connectivity index is 1.92. The van der Waals surface area contributed by atoms with E-state index in [9.17, 15) is 27.2 Å². The number of Topliss-reactive ketones (excluding diaryl/α,β-unsaturated/α-hetero) is 1. The second kappa shape index (κ2) is 10.0. The topological polar surface area (TPSA) is 98.0 Å². The zero-order chi connectivity index (χ0) is 25.9. The van der Waals surface area contributed by atoms with E-state index in [1.807, 2.05) is 0 Å². The van der Waals surface area contributed by atoms with Gasteiger partial charge in [-0.15, -0.1) is 0 Å². The van der Waals surface area contributed by atoms with E-state index in [2.05, 4.69) is 11.6 Å². The van der Waals surface area contributed by atoms with E-state index in [0.29, 0.717) is 28.7 Å². The Morgan fingerprint density at radius 1 is 1.26 bits per heavy atom. The normalized spacial score (nSPS) is 14.2. The molecule has 0 unspecified atom stereocenters. The van der Waals surface area contributed by atoms with Gasteiger partial charge in [0.05, 0.1) is 18.0 Å². The molecule has 1 aliphatic heterocycles. The van der Waals surface area contributed by atoms with Crippen LogP contribution in [0.25, 0.3) is 0 Å². The summed E-state index contributed by atoms with van der Waals surface area (Å²) in [7, 11) is 1.05. The van der Waals surface area contributed by atoms with Crippen molar-refractivity contribution in [3.63, 3.8) is 0 Å². The highest BCUT2D eigenvalue weighted by Gasteiger charge is 2.43. The van der Waals surface area contributed by atoms with Crippen molar-refractivity contribution < 1.29 is 36.6 Å². The Labute approximate surface area is 198 Å². The molecule has 2 heterocycles. The van der Waals surface area contributed by atoms with Crippen LogP contribution in [-0.2, 0) is 9.59 Å². The quantitative estimate of drug-likeness (QED) is 0.327. The van der Waals surface area contributed by atoms with Crippen molar-refractivity contribution in [2.45, 2.75) is 25.9 Å². The number of carbonyl (C=O) groups is 2. The monoisotopic (exact) mass is 494 g/mol. The lowest BCUT2D eigenvalue weighted by Crippen LogP contribution is -2.44. The van der Waals surface area contributed by atoms with Gasteiger partial charge >= 0.3 is 6.18 Å². The fraction of sp³-hybridized carbons (Fsp3) is 0.261. The van der Waals surface area contributed by atoms with Crippen LogP contribution < -0.4 is 20.1 Å². The number of hydrogen-bond donors (Lipinski definition) is 1. The molecule has 0 saturated carbocycles. The van der Waals surface area contributed by atoms with Gasteiger partial charge < -0.3 is 24.9 Å². The van der Waals surface area contributed by atoms with Crippen LogP contribution in [0.15, 0.2) is 54.6 Å². The Morgan fingerprint density at radius 3 is 2.63 bits per heavy atom. The number of nitrogens with two attached hydrogens (primary N) is 1. The average molecular weight is 494 g/mol. The van der Waals surface area contributed by atoms with E-state index in [1.165, 1.54) is 19.2 Å². The summed E-state index contributed by atoms with van der Waals surface area (Å²) in [6.07, 6.45) is -2.24. The van der Waals surface area contributed by atoms with Gasteiger partial charge in [-0.3, -0.25) is 9.69 Å². The van der Waals surface area contributed by atoms with Crippen molar-refractivity contribution in [2.24, 2.45) is 0 Å². The van der Waals surface area contributed by atoms with E-state index >= 15 is 0 Å². The largest absolute Gasteiger partial charge is 0.475 e. The van der Waals surface area contributed by atoms with Gasteiger partial charge in [-0.25, -0.2) is 9.37 Å². The fourth-order valence-electron chi connectivity index (χ4n) is 3.21. The zero-order valence-electron chi connectivity index (χ0n) is 18.9. The summed E-state index contributed by atoms with van der Waals surface area (Å²) >= 11 is 0. The maximum atomic E-state index is 14.8. The van der Waals surface area contributed by atoms with Gasteiger partial charge in [-0.2, -0.15) is 13.2 Å². The van der Waals surface area contributed by atoms with Crippen LogP contribution in [0.3, 0.4) is 0 Å². The molecule has 2 aromatic rings. The molecule has 1 aromatic heterocycles. The van der Waals surface area contributed by atoms with E-state index in [1.54, 1.807) is 6.07 Å². The number of alkyl halides is 3. The predicted octanol–water partition coefficient (Wildman–Crippen LogP) is 4.54. The standard InChI is InChI=1S/C23H22F4N4O4/c1-13(32)6-5-9-34-22-18(7-4-8-29-22)35-19-11-17(15(24)10-16(19)28)31-14(2)30(3)20(12-21(31)33)23(25,26)27/h4,7-8,10-12H,2,5-6,9,28H2,1,3H3. The lowest BCUT2D eigenvalue weighted by Gasteiger charge is -2.36. The molecule has 3 rings (SSSR count). The molecule has 1 aromatic carbocycles. The Bertz CT molecular complexity index is 1200. The van der Waals surface area contributed by atoms with Crippen LogP contribution in [0.5, 0.6) is 17.4 Å². The molecular formula is C23H22F4N4O4. The number of ketones is 1. The van der Waals surface area contributed by atoms with Crippen LogP contribution in [0.4, 0.5) is 28.9 Å². The van der Waals surface area contributed by atoms with Gasteiger partial charge in [0.15, 0.2) is 11.5 Å². The van der Waals surface area contributed by atoms with Crippen molar-refractivity contribution in [1.29, 1.82) is 0 Å². The number of nitrogens with zero attached hydrogens (tertiary/aromatic N) is 3. The summed E-state index contributed by atoms with van der Waals surface area (Å²) in [6, 6.07) is 5.00. The van der Waals surface area contributed by atoms with E-state index in [-0.39, 0.29) is 35.5 Å². The summed E-state index contributed by atoms with van der Waals surface area (Å²) in [6.45, 7) is 5.15. The summed E-state index contributed by atoms with van der Waals surface area (Å²) in [5.41, 5.74) is 4.09. The van der Waals surface area contributed by atoms with E-state index in [4.69, 9.17) is 15.2 Å². The molecule has 8 nitrogen and oxygen atoms in total. The summed E-state index contributed by atoms with van der Waals surface area (Å²) in [5.74, 6) is -2.45. The third kappa shape index (κ3) is 5.70. The highest BCUT2D eigenvalue weighted by Crippen LogP contribution is 2.40. The molecule has 12 heteroatoms. The third-order valence-corrected chi connectivity index (χ3v) is 4.97. The molecule has 0 atom stereocenters. The van der Waals surface area contributed by atoms with E-state index < -0.39 is 35.1 Å². The Morgan fingerprint density at radius 2 is 1.97 bits per heavy atom. The first-order chi connectivity index (χ1) is 16.4. The number of aromatic nitrogens is 1. The fourth-order valence-corrected chi connectivity index (χ4v) is 3.21. The summed E-state index contributed by atoms with van der Waals surface area (Å²) in [5, 5.41) is 0.